The minimum atomic E-state index is -2.49. The zero-order valence-corrected chi connectivity index (χ0v) is 20.3. The Kier molecular flexibility index (Phi) is 6.79. The molecule has 0 saturated carbocycles. The molecule has 0 aliphatic heterocycles. The third kappa shape index (κ3) is 4.77. The van der Waals surface area contributed by atoms with Crippen LogP contribution in [0, 0.1) is 0 Å². The van der Waals surface area contributed by atoms with Crippen molar-refractivity contribution in [3.63, 3.8) is 0 Å². The number of anilines is 1. The molecule has 172 valence electrons. The number of pyridine rings is 1. The van der Waals surface area contributed by atoms with E-state index < -0.39 is 7.26 Å². The van der Waals surface area contributed by atoms with Crippen molar-refractivity contribution in [2.24, 2.45) is 0 Å². The van der Waals surface area contributed by atoms with Crippen LogP contribution in [-0.4, -0.2) is 10.9 Å². The van der Waals surface area contributed by atoms with E-state index in [1.165, 1.54) is 15.9 Å². The van der Waals surface area contributed by atoms with Gasteiger partial charge < -0.3 is 0 Å². The van der Waals surface area contributed by atoms with Crippen molar-refractivity contribution < 1.29 is 4.79 Å². The van der Waals surface area contributed by atoms with Crippen LogP contribution in [0.2, 0.25) is 0 Å². The molecule has 5 rings (SSSR count). The Hall–Kier alpha value is -4.07. The molecule has 0 fully saturated rings. The molecule has 0 spiro atoms. The number of nitrogens with one attached hydrogen (secondary N) is 1. The van der Waals surface area contributed by atoms with Crippen LogP contribution in [0.15, 0.2) is 140 Å². The molecule has 0 radical (unpaired) electrons. The zero-order chi connectivity index (χ0) is 23.9. The van der Waals surface area contributed by atoms with Crippen molar-refractivity contribution in [2.75, 3.05) is 5.32 Å². The van der Waals surface area contributed by atoms with Crippen LogP contribution in [-0.2, 0) is 6.16 Å². The minimum absolute atomic E-state index is 0.156. The first-order chi connectivity index (χ1) is 17.3. The van der Waals surface area contributed by atoms with Gasteiger partial charge in [0.2, 0.25) is 0 Å². The summed E-state index contributed by atoms with van der Waals surface area (Å²) in [5.41, 5.74) is 2.49. The van der Waals surface area contributed by atoms with Crippen molar-refractivity contribution in [3.8, 4) is 0 Å². The van der Waals surface area contributed by atoms with Crippen molar-refractivity contribution >= 4 is 34.8 Å². The van der Waals surface area contributed by atoms with E-state index in [0.717, 1.165) is 17.4 Å². The Labute approximate surface area is 206 Å². The van der Waals surface area contributed by atoms with E-state index in [1.807, 2.05) is 12.1 Å². The van der Waals surface area contributed by atoms with Crippen LogP contribution < -0.4 is 21.2 Å². The predicted molar refractivity (Wildman–Crippen MR) is 149 cm³/mol. The van der Waals surface area contributed by atoms with Gasteiger partial charge in [-0.1, -0.05) is 0 Å². The van der Waals surface area contributed by atoms with Crippen LogP contribution in [0.25, 0.3) is 0 Å². The van der Waals surface area contributed by atoms with Gasteiger partial charge in [0, 0.05) is 0 Å². The fraction of sp³-hybridized carbons (Fsp3) is 0.0323. The summed E-state index contributed by atoms with van der Waals surface area (Å²) in [6.45, 7) is 0. The fourth-order valence-electron chi connectivity index (χ4n) is 4.75. The number of carbonyl (C=O) groups excluding carboxylic acids is 1. The molecule has 0 saturated heterocycles. The second-order valence-corrected chi connectivity index (χ2v) is 12.4. The van der Waals surface area contributed by atoms with Crippen molar-refractivity contribution in [3.05, 3.63) is 151 Å². The SMILES string of the molecule is O=C(Nc1ccccc1C[PH](c1ccccc1)(c1ccccc1)c1ccccc1)c1cccnc1. The molecule has 1 heterocycles. The van der Waals surface area contributed by atoms with E-state index in [-0.39, 0.29) is 5.91 Å². The summed E-state index contributed by atoms with van der Waals surface area (Å²) >= 11 is 0. The Morgan fingerprint density at radius 2 is 1.14 bits per heavy atom. The molecule has 0 aliphatic carbocycles. The predicted octanol–water partition coefficient (Wildman–Crippen LogP) is 5.56. The van der Waals surface area contributed by atoms with Gasteiger partial charge in [-0.3, -0.25) is 0 Å². The third-order valence-electron chi connectivity index (χ3n) is 6.44. The molecule has 3 nitrogen and oxygen atoms in total. The first-order valence-corrected chi connectivity index (χ1v) is 13.9. The number of aromatic nitrogens is 1. The topological polar surface area (TPSA) is 42.0 Å². The van der Waals surface area contributed by atoms with E-state index in [9.17, 15) is 4.79 Å². The van der Waals surface area contributed by atoms with Crippen LogP contribution in [0.1, 0.15) is 15.9 Å². The number of benzene rings is 4. The molecule has 1 N–H and O–H groups in total. The normalized spacial score (nSPS) is 11.5. The summed E-state index contributed by atoms with van der Waals surface area (Å²) in [6, 6.07) is 44.2. The number of nitrogens with zero attached hydrogens (tertiary/aromatic N) is 1. The van der Waals surface area contributed by atoms with E-state index in [4.69, 9.17) is 0 Å². The number of amides is 1. The third-order valence-corrected chi connectivity index (χ3v) is 11.3. The van der Waals surface area contributed by atoms with Crippen molar-refractivity contribution in [2.45, 2.75) is 6.16 Å². The number of hydrogen-bond acceptors (Lipinski definition) is 2. The quantitative estimate of drug-likeness (QED) is 0.314. The second-order valence-electron chi connectivity index (χ2n) is 8.53. The summed E-state index contributed by atoms with van der Waals surface area (Å²) < 4.78 is 0. The molecule has 1 amide bonds. The first-order valence-electron chi connectivity index (χ1n) is 11.7. The second kappa shape index (κ2) is 10.5. The van der Waals surface area contributed by atoms with Gasteiger partial charge >= 0.3 is 207 Å². The molecule has 1 aromatic heterocycles. The molecule has 0 unspecified atom stereocenters. The molecule has 35 heavy (non-hydrogen) atoms. The van der Waals surface area contributed by atoms with Gasteiger partial charge in [-0.25, -0.2) is 0 Å². The van der Waals surface area contributed by atoms with E-state index in [0.29, 0.717) is 5.56 Å². The van der Waals surface area contributed by atoms with E-state index >= 15 is 0 Å². The van der Waals surface area contributed by atoms with Crippen molar-refractivity contribution in [1.29, 1.82) is 0 Å². The average molecular weight is 475 g/mol. The Balaban J connectivity index is 1.65. The number of rotatable bonds is 7. The maximum atomic E-state index is 13.0. The fourth-order valence-corrected chi connectivity index (χ4v) is 9.52. The molecular weight excluding hydrogens is 447 g/mol. The van der Waals surface area contributed by atoms with Crippen LogP contribution >= 0.6 is 7.26 Å². The Morgan fingerprint density at radius 3 is 1.66 bits per heavy atom. The molecule has 4 aromatic carbocycles. The van der Waals surface area contributed by atoms with Gasteiger partial charge in [0.1, 0.15) is 0 Å². The number of carbonyl (C=O) groups is 1. The molecular formula is C31H27N2OP. The summed E-state index contributed by atoms with van der Waals surface area (Å²) in [7, 11) is -2.49. The Morgan fingerprint density at radius 1 is 0.629 bits per heavy atom. The molecule has 0 aliphatic rings. The standard InChI is InChI=1S/C31H27N2OP/c34-31(25-14-12-22-32-23-25)33-30-21-11-10-13-26(30)24-35(27-15-4-1-5-16-27,28-17-6-2-7-18-28)29-19-8-3-9-20-29/h1-23,35H,24H2,(H,33,34). The van der Waals surface area contributed by atoms with E-state index in [2.05, 4.69) is 113 Å². The Bertz CT molecular complexity index is 1290. The van der Waals surface area contributed by atoms with Crippen LogP contribution in [0.3, 0.4) is 0 Å². The van der Waals surface area contributed by atoms with Gasteiger partial charge in [0.25, 0.3) is 0 Å². The monoisotopic (exact) mass is 474 g/mol. The van der Waals surface area contributed by atoms with Gasteiger partial charge in [-0.2, -0.15) is 0 Å². The first kappa shape index (κ1) is 22.7. The van der Waals surface area contributed by atoms with E-state index in [1.54, 1.807) is 24.5 Å². The van der Waals surface area contributed by atoms with Gasteiger partial charge in [0.05, 0.1) is 0 Å². The average Bonchev–Trinajstić information content (AvgIpc) is 2.94. The summed E-state index contributed by atoms with van der Waals surface area (Å²) in [5, 5.41) is 7.16. The van der Waals surface area contributed by atoms with Gasteiger partial charge in [-0.05, 0) is 0 Å². The number of hydrogen-bond donors (Lipinski definition) is 1. The number of para-hydroxylation sites is 1. The maximum absolute atomic E-state index is 13.0. The zero-order valence-electron chi connectivity index (χ0n) is 19.3. The van der Waals surface area contributed by atoms with Crippen LogP contribution in [0.4, 0.5) is 5.69 Å². The molecule has 5 aromatic rings. The van der Waals surface area contributed by atoms with Gasteiger partial charge in [-0.15, -0.1) is 0 Å². The van der Waals surface area contributed by atoms with Crippen LogP contribution in [0.5, 0.6) is 0 Å². The molecule has 0 bridgehead atoms. The van der Waals surface area contributed by atoms with Crippen molar-refractivity contribution in [1.82, 2.24) is 4.98 Å². The summed E-state index contributed by atoms with van der Waals surface area (Å²) in [5.74, 6) is -0.156. The van der Waals surface area contributed by atoms with Gasteiger partial charge in [0.15, 0.2) is 0 Å². The molecule has 0 atom stereocenters. The summed E-state index contributed by atoms with van der Waals surface area (Å²) in [6.07, 6.45) is 4.08. The molecule has 4 heteroatoms. The summed E-state index contributed by atoms with van der Waals surface area (Å²) in [4.78, 5) is 17.1.